The maximum Gasteiger partial charge on any atom is 0.120 e. The molecular formula is C59H60FIrN3OSi-2. The van der Waals surface area contributed by atoms with Gasteiger partial charge in [-0.1, -0.05) is 147 Å². The van der Waals surface area contributed by atoms with Crippen LogP contribution in [0.5, 0.6) is 0 Å². The van der Waals surface area contributed by atoms with Crippen molar-refractivity contribution in [2.24, 2.45) is 0 Å². The predicted molar refractivity (Wildman–Crippen MR) is 273 cm³/mol. The average molecular weight is 1070 g/mol. The molecule has 66 heavy (non-hydrogen) atoms. The summed E-state index contributed by atoms with van der Waals surface area (Å²) in [7, 11) is -1.30. The van der Waals surface area contributed by atoms with Crippen LogP contribution >= 0.6 is 0 Å². The van der Waals surface area contributed by atoms with Gasteiger partial charge in [0.1, 0.15) is 5.58 Å². The van der Waals surface area contributed by atoms with Crippen LogP contribution in [-0.2, 0) is 30.9 Å². The van der Waals surface area contributed by atoms with E-state index in [0.717, 1.165) is 55.6 Å². The molecule has 0 fully saturated rings. The zero-order valence-corrected chi connectivity index (χ0v) is 43.5. The molecule has 0 aliphatic heterocycles. The van der Waals surface area contributed by atoms with E-state index in [1.165, 1.54) is 69.2 Å². The van der Waals surface area contributed by atoms with Gasteiger partial charge in [-0.05, 0) is 110 Å². The maximum absolute atomic E-state index is 12.8. The minimum absolute atomic E-state index is 0. The van der Waals surface area contributed by atoms with E-state index in [1.807, 2.05) is 30.5 Å². The number of imidazole rings is 1. The molecule has 0 bridgehead atoms. The summed E-state index contributed by atoms with van der Waals surface area (Å²) < 4.78 is 21.7. The van der Waals surface area contributed by atoms with Gasteiger partial charge in [0.05, 0.1) is 30.5 Å². The van der Waals surface area contributed by atoms with Gasteiger partial charge in [-0.3, -0.25) is 9.37 Å². The van der Waals surface area contributed by atoms with Crippen molar-refractivity contribution in [3.05, 3.63) is 168 Å². The number of hydrogen-bond acceptors (Lipinski definition) is 3. The average Bonchev–Trinajstić information content (AvgIpc) is 3.86. The number of para-hydroxylation sites is 3. The molecule has 0 amide bonds. The maximum atomic E-state index is 12.8. The summed E-state index contributed by atoms with van der Waals surface area (Å²) >= 11 is 0. The molecule has 0 spiro atoms. The van der Waals surface area contributed by atoms with Crippen molar-refractivity contribution in [2.45, 2.75) is 111 Å². The second kappa shape index (κ2) is 18.0. The molecular weight excluding hydrogens is 1010 g/mol. The SMILES string of the molecule is CC(C)c1cc(-c2ccc3c(c2)C(C)(C)CCC3(C)C)cc(C(C)C)c1-n1c(-c2[c-]ccc3c2oc2ccccc23)nc2ccccc21.C[Si](C)(C)c1ccc(-c2[c-]cc(F)cc2)nc1.[Ir]. The van der Waals surface area contributed by atoms with Crippen LogP contribution in [0.4, 0.5) is 4.39 Å². The molecule has 7 heteroatoms. The topological polar surface area (TPSA) is 43.9 Å². The summed E-state index contributed by atoms with van der Waals surface area (Å²) in [5.74, 6) is 1.15. The van der Waals surface area contributed by atoms with Crippen LogP contribution in [0.2, 0.25) is 19.6 Å². The first-order valence-corrected chi connectivity index (χ1v) is 26.7. The van der Waals surface area contributed by atoms with E-state index < -0.39 is 8.07 Å². The first-order chi connectivity index (χ1) is 30.9. The number of rotatable bonds is 7. The van der Waals surface area contributed by atoms with Gasteiger partial charge >= 0.3 is 0 Å². The molecule has 339 valence electrons. The molecule has 0 N–H and O–H groups in total. The van der Waals surface area contributed by atoms with Gasteiger partial charge in [-0.25, -0.2) is 0 Å². The minimum Gasteiger partial charge on any atom is -0.501 e. The number of pyridine rings is 1. The molecule has 10 rings (SSSR count). The van der Waals surface area contributed by atoms with Crippen molar-refractivity contribution in [2.75, 3.05) is 0 Å². The molecule has 4 nitrogen and oxygen atoms in total. The Balaban J connectivity index is 0.000000278. The van der Waals surface area contributed by atoms with E-state index in [2.05, 4.69) is 176 Å². The van der Waals surface area contributed by atoms with Crippen LogP contribution in [0.15, 0.2) is 132 Å². The van der Waals surface area contributed by atoms with E-state index >= 15 is 0 Å². The Kier molecular flexibility index (Phi) is 12.8. The molecule has 1 aliphatic rings. The molecule has 0 atom stereocenters. The summed E-state index contributed by atoms with van der Waals surface area (Å²) in [5, 5.41) is 3.51. The van der Waals surface area contributed by atoms with Gasteiger partial charge in [-0.15, -0.1) is 48.0 Å². The monoisotopic (exact) mass is 1070 g/mol. The number of furan rings is 1. The van der Waals surface area contributed by atoms with Crippen molar-refractivity contribution in [1.82, 2.24) is 14.5 Å². The number of fused-ring (bicyclic) bond motifs is 5. The summed E-state index contributed by atoms with van der Waals surface area (Å²) in [6, 6.07) is 48.0. The predicted octanol–water partition coefficient (Wildman–Crippen LogP) is 15.9. The van der Waals surface area contributed by atoms with Gasteiger partial charge in [0, 0.05) is 43.2 Å². The van der Waals surface area contributed by atoms with Gasteiger partial charge in [0.2, 0.25) is 0 Å². The molecule has 0 saturated carbocycles. The first-order valence-electron chi connectivity index (χ1n) is 23.2. The van der Waals surface area contributed by atoms with E-state index in [9.17, 15) is 4.39 Å². The van der Waals surface area contributed by atoms with Gasteiger partial charge in [0.15, 0.2) is 0 Å². The summed E-state index contributed by atoms with van der Waals surface area (Å²) in [6.07, 6.45) is 4.35. The zero-order valence-electron chi connectivity index (χ0n) is 40.2. The summed E-state index contributed by atoms with van der Waals surface area (Å²) in [4.78, 5) is 9.74. The third-order valence-electron chi connectivity index (χ3n) is 13.6. The Morgan fingerprint density at radius 3 is 2.05 bits per heavy atom. The number of nitrogens with zero attached hydrogens (tertiary/aromatic N) is 3. The molecule has 3 heterocycles. The molecule has 6 aromatic carbocycles. The Morgan fingerprint density at radius 2 is 1.39 bits per heavy atom. The van der Waals surface area contributed by atoms with Crippen molar-refractivity contribution in [3.63, 3.8) is 0 Å². The smallest absolute Gasteiger partial charge is 0.120 e. The summed E-state index contributed by atoms with van der Waals surface area (Å²) in [6.45, 7) is 25.8. The van der Waals surface area contributed by atoms with Crippen molar-refractivity contribution < 1.29 is 28.9 Å². The van der Waals surface area contributed by atoms with E-state index in [-0.39, 0.29) is 48.6 Å². The van der Waals surface area contributed by atoms with Crippen LogP contribution < -0.4 is 5.19 Å². The Labute approximate surface area is 405 Å². The van der Waals surface area contributed by atoms with Crippen molar-refractivity contribution >= 4 is 46.2 Å². The Bertz CT molecular complexity index is 3180. The fraction of sp³-hybridized carbons (Fsp3) is 0.288. The van der Waals surface area contributed by atoms with Crippen molar-refractivity contribution in [3.8, 4) is 39.5 Å². The molecule has 1 radical (unpaired) electrons. The number of aromatic nitrogens is 3. The molecule has 3 aromatic heterocycles. The summed E-state index contributed by atoms with van der Waals surface area (Å²) in [5.41, 5.74) is 16.1. The van der Waals surface area contributed by atoms with Crippen molar-refractivity contribution in [1.29, 1.82) is 0 Å². The van der Waals surface area contributed by atoms with Crippen LogP contribution in [0.3, 0.4) is 0 Å². The fourth-order valence-electron chi connectivity index (χ4n) is 9.59. The van der Waals surface area contributed by atoms with E-state index in [4.69, 9.17) is 9.40 Å². The molecule has 0 saturated heterocycles. The number of hydrogen-bond donors (Lipinski definition) is 0. The normalized spacial score (nSPS) is 14.3. The number of halogens is 1. The van der Waals surface area contributed by atoms with E-state index in [0.29, 0.717) is 0 Å². The Hall–Kier alpha value is -5.46. The quantitative estimate of drug-likeness (QED) is 0.118. The van der Waals surface area contributed by atoms with E-state index in [1.54, 1.807) is 6.07 Å². The van der Waals surface area contributed by atoms with Gasteiger partial charge in [-0.2, -0.15) is 0 Å². The second-order valence-electron chi connectivity index (χ2n) is 20.9. The zero-order chi connectivity index (χ0) is 46.0. The minimum atomic E-state index is -1.30. The first kappa shape index (κ1) is 47.0. The van der Waals surface area contributed by atoms with Crippen LogP contribution in [-0.4, -0.2) is 22.6 Å². The second-order valence-corrected chi connectivity index (χ2v) is 26.0. The van der Waals surface area contributed by atoms with Crippen LogP contribution in [0.25, 0.3) is 72.4 Å². The third-order valence-corrected chi connectivity index (χ3v) is 15.7. The fourth-order valence-corrected chi connectivity index (χ4v) is 10.6. The third kappa shape index (κ3) is 8.78. The molecule has 0 unspecified atom stereocenters. The Morgan fingerprint density at radius 1 is 0.712 bits per heavy atom. The standard InChI is InChI=1S/C45H45N2O.C14H15FNSi.Ir/c1-27(2)34-24-30(29-20-21-36-37(26-29)45(7,8)23-22-44(36,5)6)25-35(28(3)4)41(34)47-39-18-11-10-17-38(39)46-43(47)33-16-13-15-32-31-14-9-12-19-40(31)48-42(32)33;1-17(2,3)13-8-9-14(16-10-13)11-4-6-12(15)7-5-11;/h9-15,17-21,24-28H,22-23H2,1-8H3;4,6-10H,1-3H3;/q2*-1;. The number of benzene rings is 6. The molecule has 1 aliphatic carbocycles. The largest absolute Gasteiger partial charge is 0.501 e. The van der Waals surface area contributed by atoms with Gasteiger partial charge < -0.3 is 14.0 Å². The molecule has 9 aromatic rings. The van der Waals surface area contributed by atoms with Crippen LogP contribution in [0, 0.1) is 17.9 Å². The van der Waals surface area contributed by atoms with Gasteiger partial charge in [0.25, 0.3) is 0 Å². The van der Waals surface area contributed by atoms with Crippen LogP contribution in [0.1, 0.15) is 102 Å².